The topological polar surface area (TPSA) is 98.7 Å². The highest BCUT2D eigenvalue weighted by atomic mass is 31.2. The number of carbonyl (C=O) groups excluding carboxylic acids is 1. The summed E-state index contributed by atoms with van der Waals surface area (Å²) in [5.41, 5.74) is 0.765. The number of aliphatic hydroxyl groups excluding tert-OH is 1. The molecule has 1 rings (SSSR count). The normalized spacial score (nSPS) is 17.2. The first kappa shape index (κ1) is 22.7. The van der Waals surface area contributed by atoms with Crippen molar-refractivity contribution in [2.24, 2.45) is 11.8 Å². The zero-order valence-electron chi connectivity index (χ0n) is 16.2. The van der Waals surface area contributed by atoms with Crippen molar-refractivity contribution in [3.8, 4) is 0 Å². The molecule has 0 aliphatic heterocycles. The van der Waals surface area contributed by atoms with Crippen molar-refractivity contribution >= 4 is 19.0 Å². The lowest BCUT2D eigenvalue weighted by Gasteiger charge is -2.29. The van der Waals surface area contributed by atoms with Gasteiger partial charge < -0.3 is 20.6 Å². The van der Waals surface area contributed by atoms with Crippen molar-refractivity contribution in [1.29, 1.82) is 0 Å². The van der Waals surface area contributed by atoms with Crippen LogP contribution in [0, 0.1) is 11.8 Å². The molecule has 4 N–H and O–H groups in total. The van der Waals surface area contributed by atoms with E-state index < -0.39 is 25.6 Å². The molecule has 0 radical (unpaired) electrons. The van der Waals surface area contributed by atoms with Gasteiger partial charge in [0.15, 0.2) is 7.37 Å². The lowest BCUT2D eigenvalue weighted by Crippen LogP contribution is -2.49. The first-order valence-electron chi connectivity index (χ1n) is 9.21. The van der Waals surface area contributed by atoms with E-state index in [0.717, 1.165) is 12.1 Å². The highest BCUT2D eigenvalue weighted by molar-refractivity contribution is 7.57. The number of benzene rings is 1. The van der Waals surface area contributed by atoms with Crippen LogP contribution in [0.2, 0.25) is 0 Å². The van der Waals surface area contributed by atoms with E-state index in [1.807, 2.05) is 51.1 Å². The average Bonchev–Trinajstić information content (AvgIpc) is 2.53. The van der Waals surface area contributed by atoms with Crippen molar-refractivity contribution in [1.82, 2.24) is 5.32 Å². The van der Waals surface area contributed by atoms with Gasteiger partial charge in [-0.05, 0) is 30.9 Å². The van der Waals surface area contributed by atoms with Crippen LogP contribution < -0.4 is 10.6 Å². The number of hydrogen-bond donors (Lipinski definition) is 4. The molecule has 0 fully saturated rings. The van der Waals surface area contributed by atoms with Gasteiger partial charge in [0.1, 0.15) is 6.23 Å². The Morgan fingerprint density at radius 1 is 1.23 bits per heavy atom. The van der Waals surface area contributed by atoms with E-state index in [4.69, 9.17) is 0 Å². The molecule has 0 aliphatic carbocycles. The van der Waals surface area contributed by atoms with Crippen molar-refractivity contribution in [2.45, 2.75) is 52.3 Å². The number of nitrogens with one attached hydrogen (secondary N) is 2. The fourth-order valence-corrected chi connectivity index (χ4v) is 4.11. The molecule has 0 aliphatic rings. The Morgan fingerprint density at radius 2 is 1.85 bits per heavy atom. The van der Waals surface area contributed by atoms with E-state index in [0.29, 0.717) is 12.8 Å². The van der Waals surface area contributed by atoms with Crippen LogP contribution in [0.15, 0.2) is 30.3 Å². The van der Waals surface area contributed by atoms with E-state index in [1.54, 1.807) is 0 Å². The van der Waals surface area contributed by atoms with Gasteiger partial charge in [0.2, 0.25) is 5.91 Å². The minimum atomic E-state index is -3.29. The maximum Gasteiger partial charge on any atom is 0.224 e. The molecule has 148 valence electrons. The average molecular weight is 384 g/mol. The van der Waals surface area contributed by atoms with Gasteiger partial charge in [-0.2, -0.15) is 0 Å². The molecule has 1 aromatic carbocycles. The molecule has 0 spiro atoms. The molecular formula is C19H33N2O4P. The van der Waals surface area contributed by atoms with Crippen LogP contribution in [0.4, 0.5) is 5.69 Å². The lowest BCUT2D eigenvalue weighted by molar-refractivity contribution is -0.126. The zero-order chi connectivity index (χ0) is 19.7. The summed E-state index contributed by atoms with van der Waals surface area (Å²) in [5.74, 6) is -0.533. The summed E-state index contributed by atoms with van der Waals surface area (Å²) in [7, 11) is -3.29. The van der Waals surface area contributed by atoms with E-state index in [9.17, 15) is 19.4 Å². The Kier molecular flexibility index (Phi) is 9.34. The van der Waals surface area contributed by atoms with Crippen molar-refractivity contribution in [3.63, 3.8) is 0 Å². The largest absolute Gasteiger partial charge is 0.372 e. The summed E-state index contributed by atoms with van der Waals surface area (Å²) in [6.45, 7) is 7.26. The highest BCUT2D eigenvalue weighted by Gasteiger charge is 2.29. The summed E-state index contributed by atoms with van der Waals surface area (Å²) in [4.78, 5) is 22.3. The van der Waals surface area contributed by atoms with Gasteiger partial charge in [0, 0.05) is 24.4 Å². The Hall–Kier alpha value is -1.36. The molecule has 4 atom stereocenters. The third-order valence-corrected chi connectivity index (χ3v) is 5.21. The summed E-state index contributed by atoms with van der Waals surface area (Å²) < 4.78 is 11.8. The van der Waals surface area contributed by atoms with E-state index in [1.165, 1.54) is 6.66 Å². The number of carbonyl (C=O) groups is 1. The van der Waals surface area contributed by atoms with Gasteiger partial charge in [-0.3, -0.25) is 9.36 Å². The Morgan fingerprint density at radius 3 is 2.35 bits per heavy atom. The van der Waals surface area contributed by atoms with Crippen LogP contribution in [0.1, 0.15) is 40.0 Å². The fraction of sp³-hybridized carbons (Fsp3) is 0.632. The van der Waals surface area contributed by atoms with Gasteiger partial charge in [-0.15, -0.1) is 0 Å². The molecule has 6 nitrogen and oxygen atoms in total. The maximum absolute atomic E-state index is 12.7. The first-order chi connectivity index (χ1) is 12.1. The van der Waals surface area contributed by atoms with Gasteiger partial charge in [0.25, 0.3) is 0 Å². The molecule has 0 heterocycles. The van der Waals surface area contributed by atoms with Crippen LogP contribution in [-0.4, -0.2) is 41.0 Å². The molecule has 0 bridgehead atoms. The Labute approximate surface area is 156 Å². The predicted molar refractivity (Wildman–Crippen MR) is 106 cm³/mol. The number of amides is 1. The predicted octanol–water partition coefficient (Wildman–Crippen LogP) is 3.26. The maximum atomic E-state index is 12.7. The van der Waals surface area contributed by atoms with Gasteiger partial charge in [-0.1, -0.05) is 45.4 Å². The van der Waals surface area contributed by atoms with Gasteiger partial charge >= 0.3 is 0 Å². The summed E-state index contributed by atoms with van der Waals surface area (Å²) in [6, 6.07) is 8.81. The first-order valence-corrected chi connectivity index (χ1v) is 11.5. The van der Waals surface area contributed by atoms with Crippen LogP contribution in [0.5, 0.6) is 0 Å². The third kappa shape index (κ3) is 8.84. The zero-order valence-corrected chi connectivity index (χ0v) is 17.1. The number of para-hydroxylation sites is 1. The standard InChI is InChI=1S/C19H33N2O4P/c1-5-9-15(13-26(4,24)25)18(22)21-17(12-14(2)3)19(23)20-16-10-7-6-8-11-16/h6-8,10-11,14-15,17,19-20,23H,5,9,12-13H2,1-4H3,(H,21,22)(H,24,25). The lowest BCUT2D eigenvalue weighted by atomic mass is 9.99. The minimum Gasteiger partial charge on any atom is -0.372 e. The van der Waals surface area contributed by atoms with Gasteiger partial charge in [0.05, 0.1) is 6.04 Å². The summed E-state index contributed by atoms with van der Waals surface area (Å²) in [5, 5.41) is 16.5. The molecule has 0 saturated carbocycles. The molecule has 1 amide bonds. The van der Waals surface area contributed by atoms with Crippen LogP contribution in [0.3, 0.4) is 0 Å². The molecule has 7 heteroatoms. The number of hydrogen-bond acceptors (Lipinski definition) is 4. The van der Waals surface area contributed by atoms with Crippen molar-refractivity contribution < 1.29 is 19.4 Å². The van der Waals surface area contributed by atoms with E-state index in [-0.39, 0.29) is 18.0 Å². The molecule has 1 aromatic rings. The quantitative estimate of drug-likeness (QED) is 0.347. The number of anilines is 1. The van der Waals surface area contributed by atoms with Crippen LogP contribution in [0.25, 0.3) is 0 Å². The second-order valence-electron chi connectivity index (χ2n) is 7.42. The third-order valence-electron chi connectivity index (χ3n) is 4.09. The van der Waals surface area contributed by atoms with Crippen LogP contribution in [-0.2, 0) is 9.36 Å². The second kappa shape index (κ2) is 10.7. The smallest absolute Gasteiger partial charge is 0.224 e. The second-order valence-corrected chi connectivity index (χ2v) is 9.89. The Bertz CT molecular complexity index is 588. The molecule has 0 aromatic heterocycles. The molecule has 26 heavy (non-hydrogen) atoms. The monoisotopic (exact) mass is 384 g/mol. The SMILES string of the molecule is CCCC(CP(C)(=O)O)C(=O)NC(CC(C)C)C(O)Nc1ccccc1. The molecule has 4 unspecified atom stereocenters. The Balaban J connectivity index is 2.83. The van der Waals surface area contributed by atoms with Crippen molar-refractivity contribution in [2.75, 3.05) is 18.1 Å². The number of rotatable bonds is 11. The van der Waals surface area contributed by atoms with Crippen molar-refractivity contribution in [3.05, 3.63) is 30.3 Å². The molecule has 0 saturated heterocycles. The van der Waals surface area contributed by atoms with Crippen LogP contribution >= 0.6 is 7.37 Å². The van der Waals surface area contributed by atoms with E-state index >= 15 is 0 Å². The number of aliphatic hydroxyl groups is 1. The highest BCUT2D eigenvalue weighted by Crippen LogP contribution is 2.38. The van der Waals surface area contributed by atoms with E-state index in [2.05, 4.69) is 10.6 Å². The minimum absolute atomic E-state index is 0.0384. The van der Waals surface area contributed by atoms with Gasteiger partial charge in [-0.25, -0.2) is 0 Å². The fourth-order valence-electron chi connectivity index (χ4n) is 2.94. The summed E-state index contributed by atoms with van der Waals surface area (Å²) >= 11 is 0. The summed E-state index contributed by atoms with van der Waals surface area (Å²) in [6.07, 6.45) is 0.893. The molecular weight excluding hydrogens is 351 g/mol.